The molecule has 1 aromatic rings. The summed E-state index contributed by atoms with van der Waals surface area (Å²) in [4.78, 5) is 2.31. The van der Waals surface area contributed by atoms with Gasteiger partial charge in [-0.05, 0) is 24.6 Å². The van der Waals surface area contributed by atoms with Crippen LogP contribution in [0.25, 0.3) is 0 Å². The molecule has 0 bridgehead atoms. The van der Waals surface area contributed by atoms with Crippen molar-refractivity contribution in [3.8, 4) is 6.07 Å². The fourth-order valence-electron chi connectivity index (χ4n) is 2.16. The van der Waals surface area contributed by atoms with Crippen LogP contribution in [0.4, 0.5) is 11.4 Å². The van der Waals surface area contributed by atoms with Gasteiger partial charge < -0.3 is 15.4 Å². The number of hydrogen-bond acceptors (Lipinski definition) is 4. The number of morpholine rings is 1. The number of rotatable bonds is 2. The monoisotopic (exact) mass is 231 g/mol. The predicted molar refractivity (Wildman–Crippen MR) is 67.8 cm³/mol. The summed E-state index contributed by atoms with van der Waals surface area (Å²) in [7, 11) is 0. The van der Waals surface area contributed by atoms with Crippen LogP contribution >= 0.6 is 0 Å². The molecular weight excluding hydrogens is 214 g/mol. The molecule has 1 heterocycles. The van der Waals surface area contributed by atoms with Gasteiger partial charge >= 0.3 is 0 Å². The third-order valence-corrected chi connectivity index (χ3v) is 3.19. The Morgan fingerprint density at radius 2 is 2.41 bits per heavy atom. The van der Waals surface area contributed by atoms with E-state index in [-0.39, 0.29) is 0 Å². The summed E-state index contributed by atoms with van der Waals surface area (Å²) in [6.07, 6.45) is 1.04. The number of nitrogen functional groups attached to an aromatic ring is 1. The van der Waals surface area contributed by atoms with E-state index in [0.29, 0.717) is 17.3 Å². The Bertz CT molecular complexity index is 439. The second kappa shape index (κ2) is 5.07. The lowest BCUT2D eigenvalue weighted by Gasteiger charge is -2.37. The topological polar surface area (TPSA) is 62.3 Å². The number of nitriles is 1. The summed E-state index contributed by atoms with van der Waals surface area (Å²) in [6.45, 7) is 4.54. The molecule has 1 aromatic carbocycles. The predicted octanol–water partition coefficient (Wildman–Crippen LogP) is 1.76. The van der Waals surface area contributed by atoms with Gasteiger partial charge in [0.2, 0.25) is 0 Å². The molecule has 1 atom stereocenters. The molecule has 0 aliphatic carbocycles. The van der Waals surface area contributed by atoms with Crippen molar-refractivity contribution in [2.24, 2.45) is 0 Å². The number of ether oxygens (including phenoxy) is 1. The van der Waals surface area contributed by atoms with Gasteiger partial charge in [0.1, 0.15) is 6.07 Å². The molecule has 2 rings (SSSR count). The van der Waals surface area contributed by atoms with Crippen molar-refractivity contribution in [3.63, 3.8) is 0 Å². The molecule has 0 spiro atoms. The first-order chi connectivity index (χ1) is 8.26. The van der Waals surface area contributed by atoms with Crippen LogP contribution in [0.1, 0.15) is 18.9 Å². The van der Waals surface area contributed by atoms with Crippen molar-refractivity contribution >= 4 is 11.4 Å². The maximum atomic E-state index is 8.85. The normalized spacial score (nSPS) is 20.0. The summed E-state index contributed by atoms with van der Waals surface area (Å²) in [5, 5.41) is 8.85. The van der Waals surface area contributed by atoms with Gasteiger partial charge in [0, 0.05) is 12.2 Å². The average Bonchev–Trinajstić information content (AvgIpc) is 2.38. The van der Waals surface area contributed by atoms with Gasteiger partial charge in [-0.25, -0.2) is 0 Å². The maximum Gasteiger partial charge on any atom is 0.101 e. The standard InChI is InChI=1S/C13H17N3O/c1-2-11-9-17-6-5-16(11)12-4-3-10(8-14)13(15)7-12/h3-4,7,11H,2,5-6,9,15H2,1H3. The zero-order chi connectivity index (χ0) is 12.3. The highest BCUT2D eigenvalue weighted by molar-refractivity contribution is 5.64. The molecule has 1 saturated heterocycles. The fraction of sp³-hybridized carbons (Fsp3) is 0.462. The minimum atomic E-state index is 0.399. The number of nitrogens with zero attached hydrogens (tertiary/aromatic N) is 2. The lowest BCUT2D eigenvalue weighted by Crippen LogP contribution is -2.45. The van der Waals surface area contributed by atoms with Crippen molar-refractivity contribution in [3.05, 3.63) is 23.8 Å². The lowest BCUT2D eigenvalue weighted by atomic mass is 10.1. The number of hydrogen-bond donors (Lipinski definition) is 1. The summed E-state index contributed by atoms with van der Waals surface area (Å²) >= 11 is 0. The summed E-state index contributed by atoms with van der Waals surface area (Å²) < 4.78 is 5.47. The zero-order valence-electron chi connectivity index (χ0n) is 10.0. The fourth-order valence-corrected chi connectivity index (χ4v) is 2.16. The van der Waals surface area contributed by atoms with Gasteiger partial charge in [-0.2, -0.15) is 5.26 Å². The van der Waals surface area contributed by atoms with Gasteiger partial charge in [-0.15, -0.1) is 0 Å². The second-order valence-corrected chi connectivity index (χ2v) is 4.21. The minimum Gasteiger partial charge on any atom is -0.398 e. The van der Waals surface area contributed by atoms with E-state index >= 15 is 0 Å². The SMILES string of the molecule is CCC1COCCN1c1ccc(C#N)c(N)c1. The molecule has 1 fully saturated rings. The third kappa shape index (κ3) is 2.34. The summed E-state index contributed by atoms with van der Waals surface area (Å²) in [5.74, 6) is 0. The highest BCUT2D eigenvalue weighted by atomic mass is 16.5. The van der Waals surface area contributed by atoms with Gasteiger partial charge in [-0.3, -0.25) is 0 Å². The quantitative estimate of drug-likeness (QED) is 0.788. The molecule has 0 radical (unpaired) electrons. The number of nitrogens with two attached hydrogens (primary N) is 1. The molecule has 90 valence electrons. The van der Waals surface area contributed by atoms with Crippen molar-refractivity contribution in [1.82, 2.24) is 0 Å². The van der Waals surface area contributed by atoms with Crippen molar-refractivity contribution in [1.29, 1.82) is 5.26 Å². The van der Waals surface area contributed by atoms with Crippen LogP contribution in [0, 0.1) is 11.3 Å². The van der Waals surface area contributed by atoms with E-state index in [4.69, 9.17) is 15.7 Å². The Labute approximate surface area is 102 Å². The number of benzene rings is 1. The van der Waals surface area contributed by atoms with Crippen molar-refractivity contribution in [2.75, 3.05) is 30.4 Å². The van der Waals surface area contributed by atoms with Gasteiger partial charge in [0.15, 0.2) is 0 Å². The Morgan fingerprint density at radius 3 is 3.06 bits per heavy atom. The van der Waals surface area contributed by atoms with E-state index in [1.165, 1.54) is 0 Å². The Kier molecular flexibility index (Phi) is 3.50. The van der Waals surface area contributed by atoms with Crippen LogP contribution in [-0.2, 0) is 4.74 Å². The second-order valence-electron chi connectivity index (χ2n) is 4.21. The van der Waals surface area contributed by atoms with E-state index in [9.17, 15) is 0 Å². The van der Waals surface area contributed by atoms with Gasteiger partial charge in [-0.1, -0.05) is 6.92 Å². The molecule has 0 saturated carbocycles. The Morgan fingerprint density at radius 1 is 1.59 bits per heavy atom. The average molecular weight is 231 g/mol. The zero-order valence-corrected chi connectivity index (χ0v) is 10.0. The third-order valence-electron chi connectivity index (χ3n) is 3.19. The molecule has 1 aliphatic heterocycles. The molecule has 4 heteroatoms. The first-order valence-corrected chi connectivity index (χ1v) is 5.90. The highest BCUT2D eigenvalue weighted by Gasteiger charge is 2.21. The van der Waals surface area contributed by atoms with Crippen LogP contribution in [0.3, 0.4) is 0 Å². The van der Waals surface area contributed by atoms with Crippen LogP contribution in [0.15, 0.2) is 18.2 Å². The summed E-state index contributed by atoms with van der Waals surface area (Å²) in [6, 6.07) is 8.11. The smallest absolute Gasteiger partial charge is 0.101 e. The van der Waals surface area contributed by atoms with E-state index in [1.807, 2.05) is 12.1 Å². The maximum absolute atomic E-state index is 8.85. The first-order valence-electron chi connectivity index (χ1n) is 5.90. The lowest BCUT2D eigenvalue weighted by molar-refractivity contribution is 0.0930. The Hall–Kier alpha value is -1.73. The molecule has 0 amide bonds. The number of anilines is 2. The van der Waals surface area contributed by atoms with E-state index in [2.05, 4.69) is 17.9 Å². The van der Waals surface area contributed by atoms with E-state index in [0.717, 1.165) is 31.9 Å². The summed E-state index contributed by atoms with van der Waals surface area (Å²) in [5.41, 5.74) is 8.01. The van der Waals surface area contributed by atoms with Crippen LogP contribution in [0.2, 0.25) is 0 Å². The highest BCUT2D eigenvalue weighted by Crippen LogP contribution is 2.25. The minimum absolute atomic E-state index is 0.399. The van der Waals surface area contributed by atoms with Crippen LogP contribution < -0.4 is 10.6 Å². The first kappa shape index (κ1) is 11.7. The van der Waals surface area contributed by atoms with Crippen molar-refractivity contribution < 1.29 is 4.74 Å². The molecule has 1 aliphatic rings. The van der Waals surface area contributed by atoms with Crippen LogP contribution in [0.5, 0.6) is 0 Å². The molecule has 17 heavy (non-hydrogen) atoms. The van der Waals surface area contributed by atoms with E-state index < -0.39 is 0 Å². The van der Waals surface area contributed by atoms with Crippen LogP contribution in [-0.4, -0.2) is 25.8 Å². The van der Waals surface area contributed by atoms with E-state index in [1.54, 1.807) is 6.07 Å². The van der Waals surface area contributed by atoms with Gasteiger partial charge in [0.25, 0.3) is 0 Å². The van der Waals surface area contributed by atoms with Gasteiger partial charge in [0.05, 0.1) is 30.5 Å². The molecule has 1 unspecified atom stereocenters. The largest absolute Gasteiger partial charge is 0.398 e. The molecule has 0 aromatic heterocycles. The molecule has 2 N–H and O–H groups in total. The molecular formula is C13H17N3O. The molecule has 4 nitrogen and oxygen atoms in total. The Balaban J connectivity index is 2.26. The van der Waals surface area contributed by atoms with Crippen molar-refractivity contribution in [2.45, 2.75) is 19.4 Å².